The summed E-state index contributed by atoms with van der Waals surface area (Å²) in [6, 6.07) is 7.49. The summed E-state index contributed by atoms with van der Waals surface area (Å²) in [4.78, 5) is 19.2. The summed E-state index contributed by atoms with van der Waals surface area (Å²) in [6.07, 6.45) is 1.78. The topological polar surface area (TPSA) is 53.4 Å². The lowest BCUT2D eigenvalue weighted by Gasteiger charge is -2.33. The number of hydrogen-bond acceptors (Lipinski definition) is 4. The predicted octanol–water partition coefficient (Wildman–Crippen LogP) is 3.49. The molecule has 1 aliphatic rings. The fourth-order valence-electron chi connectivity index (χ4n) is 3.18. The molecular weight excluding hydrogens is 308 g/mol. The van der Waals surface area contributed by atoms with Gasteiger partial charge >= 0.3 is 0 Å². The van der Waals surface area contributed by atoms with Crippen LogP contribution in [0.15, 0.2) is 29.6 Å². The smallest absolute Gasteiger partial charge is 0.254 e. The monoisotopic (exact) mass is 330 g/mol. The summed E-state index contributed by atoms with van der Waals surface area (Å²) < 4.78 is 0. The molecule has 1 atom stereocenters. The Morgan fingerprint density at radius 2 is 2.22 bits per heavy atom. The number of nitrogens with zero attached hydrogens (tertiary/aromatic N) is 2. The fraction of sp³-hybridized carbons (Fsp3) is 0.444. The lowest BCUT2D eigenvalue weighted by molar-refractivity contribution is 0.000339. The molecule has 1 aromatic heterocycles. The summed E-state index contributed by atoms with van der Waals surface area (Å²) in [5.74, 6) is -0.00949. The number of aliphatic hydroxyl groups is 1. The molecule has 1 aromatic carbocycles. The molecule has 2 heterocycles. The zero-order valence-corrected chi connectivity index (χ0v) is 14.6. The molecule has 3 rings (SSSR count). The van der Waals surface area contributed by atoms with Crippen molar-refractivity contribution in [2.24, 2.45) is 0 Å². The van der Waals surface area contributed by atoms with Crippen LogP contribution in [0, 0.1) is 6.92 Å². The Kier molecular flexibility index (Phi) is 4.25. The highest BCUT2D eigenvalue weighted by atomic mass is 32.1. The number of likely N-dealkylation sites (tertiary alicyclic amines) is 1. The minimum Gasteiger partial charge on any atom is -0.388 e. The Morgan fingerprint density at radius 3 is 2.87 bits per heavy atom. The largest absolute Gasteiger partial charge is 0.388 e. The van der Waals surface area contributed by atoms with E-state index in [0.29, 0.717) is 12.1 Å². The molecule has 23 heavy (non-hydrogen) atoms. The molecule has 1 amide bonds. The molecule has 1 aliphatic heterocycles. The van der Waals surface area contributed by atoms with Crippen LogP contribution in [0.25, 0.3) is 10.6 Å². The maximum absolute atomic E-state index is 12.9. The fourth-order valence-corrected chi connectivity index (χ4v) is 3.98. The zero-order chi connectivity index (χ0) is 16.6. The molecule has 4 nitrogen and oxygen atoms in total. The van der Waals surface area contributed by atoms with Crippen molar-refractivity contribution in [1.29, 1.82) is 0 Å². The van der Waals surface area contributed by atoms with Gasteiger partial charge in [-0.15, -0.1) is 11.3 Å². The van der Waals surface area contributed by atoms with Gasteiger partial charge in [-0.05, 0) is 45.7 Å². The van der Waals surface area contributed by atoms with Gasteiger partial charge in [0.15, 0.2) is 0 Å². The van der Waals surface area contributed by atoms with E-state index in [9.17, 15) is 9.90 Å². The Hall–Kier alpha value is -1.72. The summed E-state index contributed by atoms with van der Waals surface area (Å²) in [5.41, 5.74) is 1.73. The van der Waals surface area contributed by atoms with E-state index in [2.05, 4.69) is 4.98 Å². The predicted molar refractivity (Wildman–Crippen MR) is 92.6 cm³/mol. The molecule has 1 saturated heterocycles. The van der Waals surface area contributed by atoms with E-state index < -0.39 is 5.60 Å². The minimum atomic E-state index is -0.879. The van der Waals surface area contributed by atoms with E-state index in [-0.39, 0.29) is 11.9 Å². The molecule has 0 spiro atoms. The van der Waals surface area contributed by atoms with Crippen molar-refractivity contribution in [2.75, 3.05) is 6.54 Å². The van der Waals surface area contributed by atoms with Crippen molar-refractivity contribution in [1.82, 2.24) is 9.88 Å². The first kappa shape index (κ1) is 16.1. The van der Waals surface area contributed by atoms with Gasteiger partial charge in [-0.2, -0.15) is 0 Å². The summed E-state index contributed by atoms with van der Waals surface area (Å²) in [7, 11) is 0. The van der Waals surface area contributed by atoms with Crippen molar-refractivity contribution in [3.63, 3.8) is 0 Å². The van der Waals surface area contributed by atoms with E-state index in [1.807, 2.05) is 41.5 Å². The van der Waals surface area contributed by atoms with E-state index >= 15 is 0 Å². The molecule has 2 aromatic rings. The SMILES string of the molecule is Cc1csc(-c2cccc(C(=O)N3CCCC3C(C)(C)O)c2)n1. The highest BCUT2D eigenvalue weighted by Gasteiger charge is 2.38. The van der Waals surface area contributed by atoms with E-state index in [0.717, 1.165) is 29.1 Å². The van der Waals surface area contributed by atoms with Crippen LogP contribution in [-0.2, 0) is 0 Å². The third kappa shape index (κ3) is 3.31. The van der Waals surface area contributed by atoms with Crippen molar-refractivity contribution in [2.45, 2.75) is 45.3 Å². The van der Waals surface area contributed by atoms with Crippen molar-refractivity contribution in [3.8, 4) is 10.6 Å². The Morgan fingerprint density at radius 1 is 1.43 bits per heavy atom. The van der Waals surface area contributed by atoms with Gasteiger partial charge in [0.05, 0.1) is 11.6 Å². The lowest BCUT2D eigenvalue weighted by atomic mass is 9.96. The van der Waals surface area contributed by atoms with Crippen LogP contribution < -0.4 is 0 Å². The second-order valence-corrected chi connectivity index (χ2v) is 7.54. The Balaban J connectivity index is 1.88. The van der Waals surface area contributed by atoms with Gasteiger partial charge in [0.1, 0.15) is 5.01 Å². The molecule has 1 fully saturated rings. The van der Waals surface area contributed by atoms with Crippen LogP contribution in [0.4, 0.5) is 0 Å². The maximum Gasteiger partial charge on any atom is 0.254 e. The second-order valence-electron chi connectivity index (χ2n) is 6.69. The second kappa shape index (κ2) is 6.06. The number of aromatic nitrogens is 1. The van der Waals surface area contributed by atoms with E-state index in [4.69, 9.17) is 0 Å². The molecule has 0 radical (unpaired) electrons. The quantitative estimate of drug-likeness (QED) is 0.937. The number of benzene rings is 1. The highest BCUT2D eigenvalue weighted by Crippen LogP contribution is 2.30. The normalized spacial score (nSPS) is 18.4. The maximum atomic E-state index is 12.9. The van der Waals surface area contributed by atoms with Crippen LogP contribution in [0.1, 0.15) is 42.7 Å². The van der Waals surface area contributed by atoms with Gasteiger partial charge < -0.3 is 10.0 Å². The minimum absolute atomic E-state index is 0.00949. The van der Waals surface area contributed by atoms with Crippen LogP contribution in [-0.4, -0.2) is 39.1 Å². The van der Waals surface area contributed by atoms with Crippen molar-refractivity contribution in [3.05, 3.63) is 40.9 Å². The summed E-state index contributed by atoms with van der Waals surface area (Å²) in [5, 5.41) is 13.3. The van der Waals surface area contributed by atoms with Crippen molar-refractivity contribution >= 4 is 17.2 Å². The van der Waals surface area contributed by atoms with E-state index in [1.54, 1.807) is 25.2 Å². The average molecular weight is 330 g/mol. The molecular formula is C18H22N2O2S. The van der Waals surface area contributed by atoms with Crippen LogP contribution in [0.5, 0.6) is 0 Å². The first-order valence-electron chi connectivity index (χ1n) is 7.92. The number of rotatable bonds is 3. The van der Waals surface area contributed by atoms with Crippen LogP contribution in [0.2, 0.25) is 0 Å². The number of aryl methyl sites for hydroxylation is 1. The van der Waals surface area contributed by atoms with Gasteiger partial charge in [0.2, 0.25) is 0 Å². The number of amides is 1. The molecule has 0 saturated carbocycles. The summed E-state index contributed by atoms with van der Waals surface area (Å²) in [6.45, 7) is 6.22. The van der Waals surface area contributed by atoms with Gasteiger partial charge in [-0.1, -0.05) is 12.1 Å². The molecule has 0 aliphatic carbocycles. The van der Waals surface area contributed by atoms with Gasteiger partial charge in [0, 0.05) is 28.7 Å². The number of hydrogen-bond donors (Lipinski definition) is 1. The molecule has 5 heteroatoms. The Bertz CT molecular complexity index is 718. The molecule has 0 bridgehead atoms. The number of carbonyl (C=O) groups is 1. The molecule has 122 valence electrons. The van der Waals surface area contributed by atoms with Crippen LogP contribution >= 0.6 is 11.3 Å². The molecule has 1 unspecified atom stereocenters. The third-order valence-corrected chi connectivity index (χ3v) is 5.31. The standard InChI is InChI=1S/C18H22N2O2S/c1-12-11-23-16(19-12)13-6-4-7-14(10-13)17(21)20-9-5-8-15(20)18(2,3)22/h4,6-7,10-11,15,22H,5,8-9H2,1-3H3. The summed E-state index contributed by atoms with van der Waals surface area (Å²) >= 11 is 1.58. The van der Waals surface area contributed by atoms with Gasteiger partial charge in [-0.3, -0.25) is 4.79 Å². The lowest BCUT2D eigenvalue weighted by Crippen LogP contribution is -2.48. The molecule has 1 N–H and O–H groups in total. The first-order chi connectivity index (χ1) is 10.9. The van der Waals surface area contributed by atoms with Crippen molar-refractivity contribution < 1.29 is 9.90 Å². The van der Waals surface area contributed by atoms with E-state index in [1.165, 1.54) is 0 Å². The first-order valence-corrected chi connectivity index (χ1v) is 8.80. The van der Waals surface area contributed by atoms with Gasteiger partial charge in [-0.25, -0.2) is 4.98 Å². The Labute approximate surface area is 140 Å². The zero-order valence-electron chi connectivity index (χ0n) is 13.7. The third-order valence-electron chi connectivity index (χ3n) is 4.30. The van der Waals surface area contributed by atoms with Crippen LogP contribution in [0.3, 0.4) is 0 Å². The van der Waals surface area contributed by atoms with Gasteiger partial charge in [0.25, 0.3) is 5.91 Å². The highest BCUT2D eigenvalue weighted by molar-refractivity contribution is 7.13. The number of thiazole rings is 1. The average Bonchev–Trinajstić information content (AvgIpc) is 3.15. The number of carbonyl (C=O) groups excluding carboxylic acids is 1.